The van der Waals surface area contributed by atoms with Gasteiger partial charge in [0, 0.05) is 23.7 Å². The lowest BCUT2D eigenvalue weighted by molar-refractivity contribution is 0.0897. The summed E-state index contributed by atoms with van der Waals surface area (Å²) in [6, 6.07) is 6.46. The van der Waals surface area contributed by atoms with E-state index >= 15 is 0 Å². The number of hydrogen-bond donors (Lipinski definition) is 2. The molecule has 2 rings (SSSR count). The van der Waals surface area contributed by atoms with Crippen molar-refractivity contribution in [2.75, 3.05) is 13.2 Å². The maximum absolute atomic E-state index is 12.2. The van der Waals surface area contributed by atoms with E-state index in [4.69, 9.17) is 51.1 Å². The fourth-order valence-electron chi connectivity index (χ4n) is 2.12. The van der Waals surface area contributed by atoms with E-state index in [0.29, 0.717) is 17.1 Å². The van der Waals surface area contributed by atoms with Crippen molar-refractivity contribution < 1.29 is 9.53 Å². The highest BCUT2D eigenvalue weighted by Gasteiger charge is 2.34. The van der Waals surface area contributed by atoms with Crippen molar-refractivity contribution in [3.63, 3.8) is 0 Å². The van der Waals surface area contributed by atoms with Crippen LogP contribution in [-0.4, -0.2) is 35.1 Å². The van der Waals surface area contributed by atoms with Gasteiger partial charge < -0.3 is 10.1 Å². The van der Waals surface area contributed by atoms with E-state index in [1.165, 1.54) is 0 Å². The number of halogens is 4. The lowest BCUT2D eigenvalue weighted by atomic mass is 10.2. The third-order valence-electron chi connectivity index (χ3n) is 3.28. The molecule has 0 saturated carbocycles. The summed E-state index contributed by atoms with van der Waals surface area (Å²) in [4.78, 5) is 12.2. The molecule has 0 spiro atoms. The molecule has 1 aromatic rings. The van der Waals surface area contributed by atoms with Crippen LogP contribution in [0.15, 0.2) is 24.3 Å². The summed E-state index contributed by atoms with van der Waals surface area (Å²) in [6.45, 7) is 1.24. The summed E-state index contributed by atoms with van der Waals surface area (Å²) >= 11 is 23.6. The van der Waals surface area contributed by atoms with Crippen LogP contribution < -0.4 is 10.6 Å². The van der Waals surface area contributed by atoms with E-state index in [-0.39, 0.29) is 12.0 Å². The molecule has 2 atom stereocenters. The summed E-state index contributed by atoms with van der Waals surface area (Å²) in [7, 11) is 0. The summed E-state index contributed by atoms with van der Waals surface area (Å²) in [5.41, 5.74) is 0.433. The van der Waals surface area contributed by atoms with Crippen LogP contribution in [0.2, 0.25) is 5.02 Å². The van der Waals surface area contributed by atoms with Gasteiger partial charge in [0.25, 0.3) is 5.91 Å². The van der Waals surface area contributed by atoms with E-state index in [1.54, 1.807) is 24.3 Å². The average Bonchev–Trinajstić information content (AvgIpc) is 2.96. The molecule has 1 amide bonds. The van der Waals surface area contributed by atoms with Crippen molar-refractivity contribution in [3.8, 4) is 0 Å². The van der Waals surface area contributed by atoms with Gasteiger partial charge in [-0.3, -0.25) is 10.1 Å². The molecule has 0 bridgehead atoms. The molecule has 4 nitrogen and oxygen atoms in total. The SMILES string of the molecule is O=C(NC(NCC1CCCO1)C(Cl)(Cl)Cl)c1ccc(Cl)cc1. The number of amides is 1. The number of benzene rings is 1. The van der Waals surface area contributed by atoms with E-state index < -0.39 is 9.96 Å². The van der Waals surface area contributed by atoms with Gasteiger partial charge in [-0.25, -0.2) is 0 Å². The molecule has 0 radical (unpaired) electrons. The lowest BCUT2D eigenvalue weighted by Gasteiger charge is -2.27. The third-order valence-corrected chi connectivity index (χ3v) is 4.19. The number of carbonyl (C=O) groups excluding carboxylic acids is 1. The van der Waals surface area contributed by atoms with E-state index in [2.05, 4.69) is 10.6 Å². The molecule has 122 valence electrons. The second kappa shape index (κ2) is 8.04. The molecule has 1 fully saturated rings. The topological polar surface area (TPSA) is 50.4 Å². The van der Waals surface area contributed by atoms with Crippen molar-refractivity contribution in [2.24, 2.45) is 0 Å². The third kappa shape index (κ3) is 5.44. The number of rotatable bonds is 5. The first kappa shape index (κ1) is 18.1. The Balaban J connectivity index is 1.96. The molecule has 0 aliphatic carbocycles. The zero-order valence-electron chi connectivity index (χ0n) is 11.6. The van der Waals surface area contributed by atoms with Crippen LogP contribution in [0.3, 0.4) is 0 Å². The van der Waals surface area contributed by atoms with E-state index in [0.717, 1.165) is 19.4 Å². The number of ether oxygens (including phenoxy) is 1. The Morgan fingerprint density at radius 2 is 2.00 bits per heavy atom. The van der Waals surface area contributed by atoms with Crippen LogP contribution in [0, 0.1) is 0 Å². The number of carbonyl (C=O) groups is 1. The van der Waals surface area contributed by atoms with Crippen LogP contribution in [0.1, 0.15) is 23.2 Å². The molecular formula is C14H16Cl4N2O2. The Morgan fingerprint density at radius 1 is 1.32 bits per heavy atom. The first-order chi connectivity index (χ1) is 10.4. The number of nitrogens with one attached hydrogen (secondary N) is 2. The average molecular weight is 386 g/mol. The molecule has 8 heteroatoms. The van der Waals surface area contributed by atoms with Crippen molar-refractivity contribution >= 4 is 52.3 Å². The first-order valence-electron chi connectivity index (χ1n) is 6.84. The van der Waals surface area contributed by atoms with Crippen LogP contribution >= 0.6 is 46.4 Å². The van der Waals surface area contributed by atoms with Gasteiger partial charge in [0.15, 0.2) is 0 Å². The number of hydrogen-bond acceptors (Lipinski definition) is 3. The van der Waals surface area contributed by atoms with Gasteiger partial charge in [0.05, 0.1) is 6.10 Å². The van der Waals surface area contributed by atoms with Gasteiger partial charge >= 0.3 is 0 Å². The maximum Gasteiger partial charge on any atom is 0.252 e. The van der Waals surface area contributed by atoms with Gasteiger partial charge in [0.1, 0.15) is 6.17 Å². The molecule has 1 aliphatic heterocycles. The quantitative estimate of drug-likeness (QED) is 0.602. The minimum absolute atomic E-state index is 0.0716. The summed E-state index contributed by atoms with van der Waals surface area (Å²) < 4.78 is 3.82. The Labute approximate surface area is 149 Å². The van der Waals surface area contributed by atoms with Crippen molar-refractivity contribution in [1.29, 1.82) is 0 Å². The van der Waals surface area contributed by atoms with Crippen molar-refractivity contribution in [1.82, 2.24) is 10.6 Å². The van der Waals surface area contributed by atoms with E-state index in [1.807, 2.05) is 0 Å². The standard InChI is InChI=1S/C14H16Cl4N2O2/c15-10-5-3-9(4-6-10)12(21)20-13(14(16,17)18)19-8-11-2-1-7-22-11/h3-6,11,13,19H,1-2,7-8H2,(H,20,21). The smallest absolute Gasteiger partial charge is 0.252 e. The monoisotopic (exact) mass is 384 g/mol. The molecule has 1 aliphatic rings. The zero-order chi connectivity index (χ0) is 16.2. The first-order valence-corrected chi connectivity index (χ1v) is 8.35. The van der Waals surface area contributed by atoms with Gasteiger partial charge in [0.2, 0.25) is 3.79 Å². The zero-order valence-corrected chi connectivity index (χ0v) is 14.6. The predicted molar refractivity (Wildman–Crippen MR) is 90.0 cm³/mol. The summed E-state index contributed by atoms with van der Waals surface area (Å²) in [6.07, 6.45) is 1.21. The van der Waals surface area contributed by atoms with Crippen LogP contribution in [0.4, 0.5) is 0 Å². The minimum atomic E-state index is -1.68. The van der Waals surface area contributed by atoms with Gasteiger partial charge in [-0.15, -0.1) is 0 Å². The van der Waals surface area contributed by atoms with Crippen LogP contribution in [-0.2, 0) is 4.74 Å². The second-order valence-electron chi connectivity index (χ2n) is 5.00. The van der Waals surface area contributed by atoms with Gasteiger partial charge in [-0.1, -0.05) is 46.4 Å². The van der Waals surface area contributed by atoms with Crippen LogP contribution in [0.25, 0.3) is 0 Å². The largest absolute Gasteiger partial charge is 0.377 e. The molecular weight excluding hydrogens is 370 g/mol. The normalized spacial score (nSPS) is 19.9. The molecule has 1 heterocycles. The molecule has 1 saturated heterocycles. The highest BCUT2D eigenvalue weighted by Crippen LogP contribution is 2.29. The Morgan fingerprint density at radius 3 is 2.55 bits per heavy atom. The highest BCUT2D eigenvalue weighted by molar-refractivity contribution is 6.68. The molecule has 2 unspecified atom stereocenters. The lowest BCUT2D eigenvalue weighted by Crippen LogP contribution is -2.54. The highest BCUT2D eigenvalue weighted by atomic mass is 35.6. The Bertz CT molecular complexity index is 499. The molecule has 2 N–H and O–H groups in total. The van der Waals surface area contributed by atoms with Gasteiger partial charge in [-0.05, 0) is 37.1 Å². The molecule has 1 aromatic carbocycles. The predicted octanol–water partition coefficient (Wildman–Crippen LogP) is 3.53. The maximum atomic E-state index is 12.2. The fourth-order valence-corrected chi connectivity index (χ4v) is 2.64. The van der Waals surface area contributed by atoms with Crippen molar-refractivity contribution in [2.45, 2.75) is 28.9 Å². The summed E-state index contributed by atoms with van der Waals surface area (Å²) in [5.74, 6) is -0.354. The summed E-state index contributed by atoms with van der Waals surface area (Å²) in [5, 5.41) is 6.25. The van der Waals surface area contributed by atoms with E-state index in [9.17, 15) is 4.79 Å². The number of alkyl halides is 3. The van der Waals surface area contributed by atoms with Gasteiger partial charge in [-0.2, -0.15) is 0 Å². The minimum Gasteiger partial charge on any atom is -0.377 e. The molecule has 0 aromatic heterocycles. The second-order valence-corrected chi connectivity index (χ2v) is 7.80. The Hall–Kier alpha value is -0.230. The van der Waals surface area contributed by atoms with Crippen molar-refractivity contribution in [3.05, 3.63) is 34.9 Å². The van der Waals surface area contributed by atoms with Crippen LogP contribution in [0.5, 0.6) is 0 Å². The fraction of sp³-hybridized carbons (Fsp3) is 0.500. The molecule has 22 heavy (non-hydrogen) atoms. The Kier molecular flexibility index (Phi) is 6.62.